The molecular weight excluding hydrogens is 367 g/mol. The van der Waals surface area contributed by atoms with Crippen LogP contribution in [0.15, 0.2) is 0 Å². The summed E-state index contributed by atoms with van der Waals surface area (Å²) in [6.45, 7) is 11.3. The first kappa shape index (κ1) is 31.8. The molecule has 0 heterocycles. The van der Waals surface area contributed by atoms with E-state index < -0.39 is 0 Å². The van der Waals surface area contributed by atoms with Crippen LogP contribution in [0.1, 0.15) is 145 Å². The molecule has 0 atom stereocenters. The summed E-state index contributed by atoms with van der Waals surface area (Å²) >= 11 is 0. The summed E-state index contributed by atoms with van der Waals surface area (Å²) in [6.07, 6.45) is 25.3. The van der Waals surface area contributed by atoms with Crippen LogP contribution >= 0.6 is 0 Å². The van der Waals surface area contributed by atoms with Gasteiger partial charge in [-0.1, -0.05) is 130 Å². The maximum atomic E-state index is 5.80. The third kappa shape index (κ3) is 29.8. The molecular formula is C26H55KO. The molecule has 0 fully saturated rings. The van der Waals surface area contributed by atoms with E-state index in [9.17, 15) is 0 Å². The summed E-state index contributed by atoms with van der Waals surface area (Å²) in [6, 6.07) is 0. The Morgan fingerprint density at radius 1 is 0.429 bits per heavy atom. The van der Waals surface area contributed by atoms with Crippen molar-refractivity contribution in [2.24, 2.45) is 11.8 Å². The molecule has 0 aromatic heterocycles. The molecule has 0 aliphatic rings. The van der Waals surface area contributed by atoms with Crippen molar-refractivity contribution in [2.75, 3.05) is 13.2 Å². The predicted molar refractivity (Wildman–Crippen MR) is 125 cm³/mol. The second-order valence-electron chi connectivity index (χ2n) is 9.63. The minimum atomic E-state index is 0. The molecule has 0 aliphatic carbocycles. The first-order valence-corrected chi connectivity index (χ1v) is 12.7. The van der Waals surface area contributed by atoms with E-state index in [1.807, 2.05) is 0 Å². The number of hydrogen-bond donors (Lipinski definition) is 0. The Balaban J connectivity index is -0.00000338. The summed E-state index contributed by atoms with van der Waals surface area (Å²) in [5.74, 6) is 1.77. The summed E-state index contributed by atoms with van der Waals surface area (Å²) in [7, 11) is 0. The molecule has 0 aromatic rings. The van der Waals surface area contributed by atoms with Crippen LogP contribution in [0, 0.1) is 11.8 Å². The Kier molecular flexibility index (Phi) is 30.2. The molecule has 0 bridgehead atoms. The average Bonchev–Trinajstić information content (AvgIpc) is 2.62. The van der Waals surface area contributed by atoms with Crippen molar-refractivity contribution in [3.63, 3.8) is 0 Å². The molecule has 166 valence electrons. The molecule has 0 saturated carbocycles. The molecule has 0 N–H and O–H groups in total. The summed E-state index contributed by atoms with van der Waals surface area (Å²) < 4.78 is 5.80. The monoisotopic (exact) mass is 422 g/mol. The molecule has 28 heavy (non-hydrogen) atoms. The Bertz CT molecular complexity index is 245. The van der Waals surface area contributed by atoms with E-state index in [0.717, 1.165) is 25.0 Å². The largest absolute Gasteiger partial charge is 1.00 e. The maximum Gasteiger partial charge on any atom is 1.00 e. The molecule has 0 rings (SSSR count). The molecule has 0 saturated heterocycles. The van der Waals surface area contributed by atoms with Crippen LogP contribution < -0.4 is 51.4 Å². The van der Waals surface area contributed by atoms with Gasteiger partial charge in [0.2, 0.25) is 0 Å². The second kappa shape index (κ2) is 26.6. The fraction of sp³-hybridized carbons (Fsp3) is 1.00. The van der Waals surface area contributed by atoms with Gasteiger partial charge < -0.3 is 6.16 Å². The van der Waals surface area contributed by atoms with Crippen molar-refractivity contribution in [3.05, 3.63) is 0 Å². The summed E-state index contributed by atoms with van der Waals surface area (Å²) in [5, 5.41) is 0. The van der Waals surface area contributed by atoms with E-state index in [0.29, 0.717) is 0 Å². The van der Waals surface area contributed by atoms with Crippen molar-refractivity contribution < 1.29 is 57.5 Å². The van der Waals surface area contributed by atoms with Gasteiger partial charge in [-0.05, 0) is 24.7 Å². The summed E-state index contributed by atoms with van der Waals surface area (Å²) in [5.41, 5.74) is 0. The van der Waals surface area contributed by atoms with Crippen LogP contribution in [0.25, 0.3) is 0 Å². The minimum absolute atomic E-state index is 0. The Morgan fingerprint density at radius 2 is 0.679 bits per heavy atom. The zero-order chi connectivity index (χ0) is 20.0. The van der Waals surface area contributed by atoms with E-state index in [2.05, 4.69) is 27.7 Å². The van der Waals surface area contributed by atoms with Crippen LogP contribution in [-0.2, 0) is 4.74 Å². The number of unbranched alkanes of at least 4 members (excludes halogenated alkanes) is 14. The van der Waals surface area contributed by atoms with E-state index in [4.69, 9.17) is 4.74 Å². The van der Waals surface area contributed by atoms with Crippen LogP contribution in [-0.4, -0.2) is 13.2 Å². The molecule has 0 unspecified atom stereocenters. The van der Waals surface area contributed by atoms with E-state index >= 15 is 0 Å². The van der Waals surface area contributed by atoms with Gasteiger partial charge in [0.25, 0.3) is 0 Å². The van der Waals surface area contributed by atoms with Crippen molar-refractivity contribution in [3.8, 4) is 0 Å². The van der Waals surface area contributed by atoms with Crippen LogP contribution in [0.2, 0.25) is 0 Å². The first-order valence-electron chi connectivity index (χ1n) is 12.7. The third-order valence-corrected chi connectivity index (χ3v) is 5.64. The third-order valence-electron chi connectivity index (χ3n) is 5.64. The van der Waals surface area contributed by atoms with Crippen LogP contribution in [0.4, 0.5) is 0 Å². The summed E-state index contributed by atoms with van der Waals surface area (Å²) in [4.78, 5) is 0. The quantitative estimate of drug-likeness (QED) is 0.144. The number of hydrogen-bond acceptors (Lipinski definition) is 1. The van der Waals surface area contributed by atoms with Crippen LogP contribution in [0.3, 0.4) is 0 Å². The van der Waals surface area contributed by atoms with Crippen molar-refractivity contribution in [1.82, 2.24) is 0 Å². The zero-order valence-electron chi connectivity index (χ0n) is 21.7. The van der Waals surface area contributed by atoms with Gasteiger partial charge in [0.15, 0.2) is 0 Å². The number of ether oxygens (including phenoxy) is 1. The predicted octanol–water partition coefficient (Wildman–Crippen LogP) is 6.45. The molecule has 0 aromatic carbocycles. The van der Waals surface area contributed by atoms with Gasteiger partial charge in [-0.2, -0.15) is 0 Å². The molecule has 0 spiro atoms. The molecule has 1 nitrogen and oxygen atoms in total. The fourth-order valence-corrected chi connectivity index (χ4v) is 3.74. The molecule has 2 heteroatoms. The van der Waals surface area contributed by atoms with Gasteiger partial charge in [-0.15, -0.1) is 0 Å². The van der Waals surface area contributed by atoms with E-state index in [-0.39, 0.29) is 52.8 Å². The average molecular weight is 423 g/mol. The Labute approximate surface area is 223 Å². The maximum absolute atomic E-state index is 5.80. The molecule has 0 aliphatic heterocycles. The van der Waals surface area contributed by atoms with Gasteiger partial charge in [0, 0.05) is 13.2 Å². The normalized spacial score (nSPS) is 11.4. The van der Waals surface area contributed by atoms with Gasteiger partial charge in [0.1, 0.15) is 0 Å². The van der Waals surface area contributed by atoms with Crippen molar-refractivity contribution >= 4 is 0 Å². The van der Waals surface area contributed by atoms with Gasteiger partial charge in [0.05, 0.1) is 0 Å². The number of rotatable bonds is 22. The van der Waals surface area contributed by atoms with E-state index in [1.165, 1.54) is 116 Å². The SMILES string of the molecule is CC(C)CCCCCCCCCCOCCCCCCCCCCC(C)C.[H-].[K+]. The molecule has 0 radical (unpaired) electrons. The Hall–Kier alpha value is 1.60. The minimum Gasteiger partial charge on any atom is -1.00 e. The smallest absolute Gasteiger partial charge is 1.00 e. The van der Waals surface area contributed by atoms with Crippen molar-refractivity contribution in [1.29, 1.82) is 0 Å². The van der Waals surface area contributed by atoms with Gasteiger partial charge in [-0.25, -0.2) is 0 Å². The topological polar surface area (TPSA) is 9.23 Å². The molecule has 0 amide bonds. The zero-order valence-corrected chi connectivity index (χ0v) is 23.8. The fourth-order valence-electron chi connectivity index (χ4n) is 3.74. The van der Waals surface area contributed by atoms with Gasteiger partial charge in [-0.3, -0.25) is 0 Å². The van der Waals surface area contributed by atoms with Crippen molar-refractivity contribution in [2.45, 2.75) is 143 Å². The Morgan fingerprint density at radius 3 is 0.964 bits per heavy atom. The van der Waals surface area contributed by atoms with E-state index in [1.54, 1.807) is 0 Å². The van der Waals surface area contributed by atoms with Gasteiger partial charge >= 0.3 is 51.4 Å². The second-order valence-corrected chi connectivity index (χ2v) is 9.63. The first-order chi connectivity index (χ1) is 13.1. The standard InChI is InChI=1S/C26H54O.K.H/c1-25(2)21-17-13-9-5-7-11-15-19-23-27-24-20-16-12-8-6-10-14-18-22-26(3)4;;/h25-26H,5-24H2,1-4H3;;/q;+1;-1. The van der Waals surface area contributed by atoms with Crippen LogP contribution in [0.5, 0.6) is 0 Å².